The van der Waals surface area contributed by atoms with E-state index in [9.17, 15) is 13.0 Å². The molecule has 106 valence electrons. The van der Waals surface area contributed by atoms with Crippen LogP contribution in [0.15, 0.2) is 41.3 Å². The lowest BCUT2D eigenvalue weighted by molar-refractivity contribution is 0.482. The molecule has 0 heterocycles. The molecule has 0 radical (unpaired) electrons. The van der Waals surface area contributed by atoms with Crippen LogP contribution in [0.1, 0.15) is 12.5 Å². The Kier molecular flexibility index (Phi) is 3.69. The first kappa shape index (κ1) is 14.4. The van der Waals surface area contributed by atoms with Gasteiger partial charge in [0.25, 0.3) is 10.1 Å². The van der Waals surface area contributed by atoms with Gasteiger partial charge in [-0.05, 0) is 35.7 Å². The molecule has 0 aliphatic rings. The molecule has 0 amide bonds. The van der Waals surface area contributed by atoms with Gasteiger partial charge in [-0.15, -0.1) is 0 Å². The third kappa shape index (κ3) is 2.61. The van der Waals surface area contributed by atoms with Crippen molar-refractivity contribution in [2.75, 3.05) is 11.5 Å². The van der Waals surface area contributed by atoms with Crippen LogP contribution in [-0.4, -0.2) is 13.0 Å². The monoisotopic (exact) mass is 292 g/mol. The summed E-state index contributed by atoms with van der Waals surface area (Å²) < 4.78 is 32.9. The zero-order chi connectivity index (χ0) is 14.9. The van der Waals surface area contributed by atoms with Crippen LogP contribution in [-0.2, 0) is 16.5 Å². The largest absolute Gasteiger partial charge is 0.399 e. The van der Waals surface area contributed by atoms with Crippen molar-refractivity contribution in [3.8, 4) is 11.1 Å². The van der Waals surface area contributed by atoms with E-state index in [0.717, 1.165) is 0 Å². The fourth-order valence-electron chi connectivity index (χ4n) is 2.19. The van der Waals surface area contributed by atoms with Crippen molar-refractivity contribution < 1.29 is 13.0 Å². The smallest absolute Gasteiger partial charge is 0.295 e. The van der Waals surface area contributed by atoms with Gasteiger partial charge in [-0.1, -0.05) is 25.1 Å². The van der Waals surface area contributed by atoms with Gasteiger partial charge in [0.15, 0.2) is 0 Å². The van der Waals surface area contributed by atoms with Crippen molar-refractivity contribution in [1.29, 1.82) is 0 Å². The Hall–Kier alpha value is -2.05. The summed E-state index contributed by atoms with van der Waals surface area (Å²) in [5.74, 6) is 0. The van der Waals surface area contributed by atoms with Crippen LogP contribution in [0.25, 0.3) is 11.1 Å². The van der Waals surface area contributed by atoms with Crippen molar-refractivity contribution in [2.45, 2.75) is 18.2 Å². The second-order valence-electron chi connectivity index (χ2n) is 4.46. The second kappa shape index (κ2) is 5.15. The molecule has 0 saturated heterocycles. The Morgan fingerprint density at radius 3 is 2.15 bits per heavy atom. The van der Waals surface area contributed by atoms with E-state index in [2.05, 4.69) is 0 Å². The van der Waals surface area contributed by atoms with Crippen LogP contribution in [0.4, 0.5) is 11.4 Å². The third-order valence-corrected chi connectivity index (χ3v) is 4.11. The number of anilines is 2. The average molecular weight is 292 g/mol. The Labute approximate surface area is 118 Å². The molecule has 0 saturated carbocycles. The first-order chi connectivity index (χ1) is 9.34. The average Bonchev–Trinajstić information content (AvgIpc) is 2.38. The van der Waals surface area contributed by atoms with Crippen LogP contribution in [0.5, 0.6) is 0 Å². The van der Waals surface area contributed by atoms with E-state index in [-0.39, 0.29) is 4.90 Å². The molecule has 0 atom stereocenters. The van der Waals surface area contributed by atoms with E-state index in [1.54, 1.807) is 43.3 Å². The lowest BCUT2D eigenvalue weighted by Gasteiger charge is -2.14. The first-order valence-electron chi connectivity index (χ1n) is 6.09. The minimum atomic E-state index is -4.37. The number of benzene rings is 2. The maximum absolute atomic E-state index is 11.7. The summed E-state index contributed by atoms with van der Waals surface area (Å²) in [6, 6.07) is 9.97. The molecule has 2 rings (SSSR count). The summed E-state index contributed by atoms with van der Waals surface area (Å²) in [5.41, 5.74) is 13.8. The van der Waals surface area contributed by atoms with Gasteiger partial charge in [0.05, 0.1) is 0 Å². The fraction of sp³-hybridized carbons (Fsp3) is 0.143. The van der Waals surface area contributed by atoms with E-state index >= 15 is 0 Å². The number of hydrogen-bond acceptors (Lipinski definition) is 4. The van der Waals surface area contributed by atoms with E-state index in [4.69, 9.17) is 11.5 Å². The topological polar surface area (TPSA) is 106 Å². The molecule has 0 spiro atoms. The Balaban J connectivity index is 2.80. The second-order valence-corrected chi connectivity index (χ2v) is 5.82. The highest BCUT2D eigenvalue weighted by atomic mass is 32.2. The molecule has 0 aromatic heterocycles. The molecule has 2 aromatic rings. The number of hydrogen-bond donors (Lipinski definition) is 3. The highest BCUT2D eigenvalue weighted by Crippen LogP contribution is 2.33. The number of nitrogen functional groups attached to an aromatic ring is 2. The minimum absolute atomic E-state index is 0.134. The van der Waals surface area contributed by atoms with Gasteiger partial charge in [-0.2, -0.15) is 8.42 Å². The predicted molar refractivity (Wildman–Crippen MR) is 79.9 cm³/mol. The summed E-state index contributed by atoms with van der Waals surface area (Å²) in [6.45, 7) is 1.78. The van der Waals surface area contributed by atoms with Crippen molar-refractivity contribution in [1.82, 2.24) is 0 Å². The van der Waals surface area contributed by atoms with Crippen LogP contribution < -0.4 is 11.5 Å². The maximum atomic E-state index is 11.7. The minimum Gasteiger partial charge on any atom is -0.399 e. The van der Waals surface area contributed by atoms with Gasteiger partial charge in [-0.3, -0.25) is 4.55 Å². The highest BCUT2D eigenvalue weighted by molar-refractivity contribution is 7.86. The molecule has 5 N–H and O–H groups in total. The lowest BCUT2D eigenvalue weighted by atomic mass is 10.00. The quantitative estimate of drug-likeness (QED) is 0.594. The molecule has 0 unspecified atom stereocenters. The van der Waals surface area contributed by atoms with E-state index in [0.29, 0.717) is 34.5 Å². The summed E-state index contributed by atoms with van der Waals surface area (Å²) in [6.07, 6.45) is 0.407. The van der Waals surface area contributed by atoms with Crippen molar-refractivity contribution in [3.63, 3.8) is 0 Å². The normalized spacial score (nSPS) is 11.5. The molecule has 6 heteroatoms. The van der Waals surface area contributed by atoms with Crippen LogP contribution in [0, 0.1) is 0 Å². The number of rotatable bonds is 3. The van der Waals surface area contributed by atoms with Crippen LogP contribution in [0.2, 0.25) is 0 Å². The van der Waals surface area contributed by atoms with Gasteiger partial charge < -0.3 is 11.5 Å². The van der Waals surface area contributed by atoms with E-state index in [1.165, 1.54) is 0 Å². The maximum Gasteiger partial charge on any atom is 0.295 e. The number of nitrogens with two attached hydrogens (primary N) is 2. The fourth-order valence-corrected chi connectivity index (χ4v) is 3.23. The van der Waals surface area contributed by atoms with Crippen LogP contribution in [0.3, 0.4) is 0 Å². The van der Waals surface area contributed by atoms with Gasteiger partial charge in [0, 0.05) is 16.9 Å². The molecule has 2 aromatic carbocycles. The lowest BCUT2D eigenvalue weighted by Crippen LogP contribution is -2.08. The van der Waals surface area contributed by atoms with Crippen molar-refractivity contribution in [3.05, 3.63) is 42.0 Å². The Morgan fingerprint density at radius 1 is 1.05 bits per heavy atom. The van der Waals surface area contributed by atoms with Crippen LogP contribution >= 0.6 is 0 Å². The standard InChI is InChI=1S/C14H16N2O3S/c1-2-11-13(16)8-7-12(14(11)20(17,18)19)9-3-5-10(15)6-4-9/h3-8H,2,15-16H2,1H3,(H,17,18,19). The highest BCUT2D eigenvalue weighted by Gasteiger charge is 2.22. The predicted octanol–water partition coefficient (Wildman–Crippen LogP) is 2.33. The van der Waals surface area contributed by atoms with Crippen molar-refractivity contribution in [2.24, 2.45) is 0 Å². The SMILES string of the molecule is CCc1c(N)ccc(-c2ccc(N)cc2)c1S(=O)(=O)O. The summed E-state index contributed by atoms with van der Waals surface area (Å²) in [7, 11) is -4.37. The summed E-state index contributed by atoms with van der Waals surface area (Å²) in [5, 5.41) is 0. The van der Waals surface area contributed by atoms with Gasteiger partial charge in [0.2, 0.25) is 0 Å². The Bertz CT molecular complexity index is 738. The zero-order valence-corrected chi connectivity index (χ0v) is 11.8. The van der Waals surface area contributed by atoms with Crippen molar-refractivity contribution >= 4 is 21.5 Å². The summed E-state index contributed by atoms with van der Waals surface area (Å²) in [4.78, 5) is -0.134. The summed E-state index contributed by atoms with van der Waals surface area (Å²) >= 11 is 0. The van der Waals surface area contributed by atoms with Gasteiger partial charge in [0.1, 0.15) is 4.90 Å². The Morgan fingerprint density at radius 2 is 1.65 bits per heavy atom. The molecule has 5 nitrogen and oxygen atoms in total. The molecule has 0 aliphatic carbocycles. The zero-order valence-electron chi connectivity index (χ0n) is 11.0. The van der Waals surface area contributed by atoms with E-state index < -0.39 is 10.1 Å². The molecular weight excluding hydrogens is 276 g/mol. The van der Waals surface area contributed by atoms with E-state index in [1.807, 2.05) is 0 Å². The molecular formula is C14H16N2O3S. The molecule has 20 heavy (non-hydrogen) atoms. The van der Waals surface area contributed by atoms with Gasteiger partial charge in [-0.25, -0.2) is 0 Å². The molecule has 0 bridgehead atoms. The third-order valence-electron chi connectivity index (χ3n) is 3.13. The molecule has 0 fully saturated rings. The first-order valence-corrected chi connectivity index (χ1v) is 7.53. The molecule has 0 aliphatic heterocycles. The van der Waals surface area contributed by atoms with Gasteiger partial charge >= 0.3 is 0 Å².